The summed E-state index contributed by atoms with van der Waals surface area (Å²) < 4.78 is 5.41. The number of fused-ring (bicyclic) bond motifs is 2. The van der Waals surface area contributed by atoms with Crippen molar-refractivity contribution in [3.05, 3.63) is 36.2 Å². The van der Waals surface area contributed by atoms with E-state index < -0.39 is 0 Å². The molecule has 1 fully saturated rings. The van der Waals surface area contributed by atoms with Crippen molar-refractivity contribution in [2.24, 2.45) is 4.99 Å². The number of hydrogen-bond donors (Lipinski definition) is 0. The zero-order chi connectivity index (χ0) is 10.3. The molecule has 15 heavy (non-hydrogen) atoms. The number of nitrogens with zero attached hydrogens (tertiary/aromatic N) is 1. The molecule has 2 heteroatoms. The molecule has 2 aliphatic rings. The molecule has 1 radical (unpaired) electrons. The van der Waals surface area contributed by atoms with Gasteiger partial charge in [-0.05, 0) is 25.0 Å². The van der Waals surface area contributed by atoms with Crippen molar-refractivity contribution in [1.82, 2.24) is 0 Å². The van der Waals surface area contributed by atoms with Crippen LogP contribution in [0.5, 0.6) is 0 Å². The molecule has 0 saturated carbocycles. The zero-order valence-electron chi connectivity index (χ0n) is 8.86. The van der Waals surface area contributed by atoms with Gasteiger partial charge >= 0.3 is 0 Å². The van der Waals surface area contributed by atoms with E-state index in [9.17, 15) is 0 Å². The van der Waals surface area contributed by atoms with Crippen LogP contribution in [-0.4, -0.2) is 18.9 Å². The lowest BCUT2D eigenvalue weighted by atomic mass is 9.72. The maximum atomic E-state index is 5.41. The Kier molecular flexibility index (Phi) is 1.93. The zero-order valence-corrected chi connectivity index (χ0v) is 8.86. The van der Waals surface area contributed by atoms with E-state index in [1.54, 1.807) is 0 Å². The smallest absolute Gasteiger partial charge is 0.0670 e. The second-order valence-electron chi connectivity index (χ2n) is 4.21. The largest absolute Gasteiger partial charge is 0.381 e. The summed E-state index contributed by atoms with van der Waals surface area (Å²) in [6, 6.07) is 8.43. The Morgan fingerprint density at radius 2 is 2.20 bits per heavy atom. The fraction of sp³-hybridized carbons (Fsp3) is 0.385. The summed E-state index contributed by atoms with van der Waals surface area (Å²) in [5, 5.41) is 0. The number of hydrogen-bond acceptors (Lipinski definition) is 2. The van der Waals surface area contributed by atoms with Gasteiger partial charge in [0.1, 0.15) is 0 Å². The van der Waals surface area contributed by atoms with Crippen LogP contribution in [0.2, 0.25) is 0 Å². The fourth-order valence-corrected chi connectivity index (χ4v) is 2.62. The quantitative estimate of drug-likeness (QED) is 0.631. The number of rotatable bonds is 0. The van der Waals surface area contributed by atoms with Crippen LogP contribution in [0.3, 0.4) is 0 Å². The van der Waals surface area contributed by atoms with Crippen LogP contribution in [0, 0.1) is 6.42 Å². The van der Waals surface area contributed by atoms with Gasteiger partial charge in [-0.1, -0.05) is 18.2 Å². The van der Waals surface area contributed by atoms with E-state index in [0.29, 0.717) is 0 Å². The number of ether oxygens (including phenoxy) is 1. The fourth-order valence-electron chi connectivity index (χ4n) is 2.62. The summed E-state index contributed by atoms with van der Waals surface area (Å²) in [7, 11) is 0. The third-order valence-electron chi connectivity index (χ3n) is 3.51. The third kappa shape index (κ3) is 1.18. The molecule has 77 valence electrons. The van der Waals surface area contributed by atoms with Gasteiger partial charge < -0.3 is 4.74 Å². The molecule has 2 heterocycles. The van der Waals surface area contributed by atoms with Crippen molar-refractivity contribution >= 4 is 11.4 Å². The summed E-state index contributed by atoms with van der Waals surface area (Å²) in [6.45, 7) is 3.70. The highest BCUT2D eigenvalue weighted by molar-refractivity contribution is 6.01. The minimum atomic E-state index is 0.0643. The lowest BCUT2D eigenvalue weighted by molar-refractivity contribution is 0.108. The number of para-hydroxylation sites is 1. The molecule has 1 unspecified atom stereocenters. The van der Waals surface area contributed by atoms with Gasteiger partial charge in [0.2, 0.25) is 0 Å². The van der Waals surface area contributed by atoms with Crippen LogP contribution in [0.15, 0.2) is 29.3 Å². The highest BCUT2D eigenvalue weighted by atomic mass is 16.5. The van der Waals surface area contributed by atoms with Crippen molar-refractivity contribution in [1.29, 1.82) is 0 Å². The first-order valence-corrected chi connectivity index (χ1v) is 5.40. The summed E-state index contributed by atoms with van der Waals surface area (Å²) in [5.74, 6) is 0. The molecule has 0 aromatic heterocycles. The first-order valence-electron chi connectivity index (χ1n) is 5.40. The predicted molar refractivity (Wildman–Crippen MR) is 60.6 cm³/mol. The van der Waals surface area contributed by atoms with Crippen molar-refractivity contribution in [3.63, 3.8) is 0 Å². The van der Waals surface area contributed by atoms with Crippen LogP contribution >= 0.6 is 0 Å². The van der Waals surface area contributed by atoms with E-state index in [0.717, 1.165) is 25.3 Å². The summed E-state index contributed by atoms with van der Waals surface area (Å²) >= 11 is 0. The van der Waals surface area contributed by atoms with Crippen LogP contribution in [-0.2, 0) is 10.2 Å². The van der Waals surface area contributed by atoms with Crippen molar-refractivity contribution in [3.8, 4) is 0 Å². The molecule has 0 aliphatic carbocycles. The van der Waals surface area contributed by atoms with Crippen molar-refractivity contribution < 1.29 is 4.74 Å². The van der Waals surface area contributed by atoms with E-state index in [2.05, 4.69) is 36.5 Å². The maximum absolute atomic E-state index is 5.41. The lowest BCUT2D eigenvalue weighted by Gasteiger charge is -2.34. The van der Waals surface area contributed by atoms with Gasteiger partial charge in [-0.3, -0.25) is 4.99 Å². The van der Waals surface area contributed by atoms with Gasteiger partial charge in [0, 0.05) is 24.2 Å². The highest BCUT2D eigenvalue weighted by Gasteiger charge is 2.42. The van der Waals surface area contributed by atoms with Gasteiger partial charge in [-0.15, -0.1) is 0 Å². The molecular formula is C13H14NO. The van der Waals surface area contributed by atoms with Crippen LogP contribution in [0.25, 0.3) is 0 Å². The number of benzene rings is 1. The molecule has 0 amide bonds. The van der Waals surface area contributed by atoms with E-state index in [1.165, 1.54) is 11.3 Å². The van der Waals surface area contributed by atoms with E-state index in [4.69, 9.17) is 4.74 Å². The molecule has 2 aliphatic heterocycles. The Morgan fingerprint density at radius 1 is 1.33 bits per heavy atom. The third-order valence-corrected chi connectivity index (χ3v) is 3.51. The molecule has 1 atom stereocenters. The first kappa shape index (κ1) is 9.10. The Bertz CT molecular complexity index is 416. The maximum Gasteiger partial charge on any atom is 0.0670 e. The lowest BCUT2D eigenvalue weighted by Crippen LogP contribution is -2.38. The van der Waals surface area contributed by atoms with Gasteiger partial charge in [-0.25, -0.2) is 0 Å². The summed E-state index contributed by atoms with van der Waals surface area (Å²) in [5.41, 5.74) is 3.76. The van der Waals surface area contributed by atoms with Crippen LogP contribution in [0.4, 0.5) is 5.69 Å². The summed E-state index contributed by atoms with van der Waals surface area (Å²) in [4.78, 5) is 4.66. The molecule has 1 spiro atoms. The van der Waals surface area contributed by atoms with Gasteiger partial charge in [0.25, 0.3) is 0 Å². The van der Waals surface area contributed by atoms with Crippen molar-refractivity contribution in [2.75, 3.05) is 13.2 Å². The molecule has 0 N–H and O–H groups in total. The monoisotopic (exact) mass is 200 g/mol. The minimum absolute atomic E-state index is 0.0643. The first-order chi connectivity index (χ1) is 7.33. The van der Waals surface area contributed by atoms with E-state index >= 15 is 0 Å². The minimum Gasteiger partial charge on any atom is -0.381 e. The predicted octanol–water partition coefficient (Wildman–Crippen LogP) is 2.65. The SMILES string of the molecule is CC1=Nc2ccccc2C12[CH]COCC2. The topological polar surface area (TPSA) is 21.6 Å². The van der Waals surface area contributed by atoms with Gasteiger partial charge in [-0.2, -0.15) is 0 Å². The van der Waals surface area contributed by atoms with Crippen LogP contribution in [0.1, 0.15) is 18.9 Å². The van der Waals surface area contributed by atoms with Crippen molar-refractivity contribution in [2.45, 2.75) is 18.8 Å². The van der Waals surface area contributed by atoms with Gasteiger partial charge in [0.05, 0.1) is 12.3 Å². The molecule has 2 nitrogen and oxygen atoms in total. The molecule has 1 aromatic carbocycles. The molecule has 0 bridgehead atoms. The summed E-state index contributed by atoms with van der Waals surface area (Å²) in [6.07, 6.45) is 3.29. The van der Waals surface area contributed by atoms with Gasteiger partial charge in [0.15, 0.2) is 0 Å². The molecule has 3 rings (SSSR count). The average molecular weight is 200 g/mol. The molecule has 1 aromatic rings. The Labute approximate surface area is 90.0 Å². The van der Waals surface area contributed by atoms with E-state index in [1.807, 2.05) is 6.07 Å². The molecular weight excluding hydrogens is 186 g/mol. The highest BCUT2D eigenvalue weighted by Crippen LogP contribution is 2.45. The second-order valence-corrected chi connectivity index (χ2v) is 4.21. The number of aliphatic imine (C=N–C) groups is 1. The average Bonchev–Trinajstić information content (AvgIpc) is 2.55. The normalized spacial score (nSPS) is 22.6. The molecule has 1 saturated heterocycles. The standard InChI is InChI=1S/C13H14NO/c1-10-13(6-8-15-9-7-13)11-4-2-3-5-12(11)14-10/h2-6H,7-9H2,1H3. The Balaban J connectivity index is 2.13. The van der Waals surface area contributed by atoms with E-state index in [-0.39, 0.29) is 5.41 Å². The van der Waals surface area contributed by atoms with Crippen LogP contribution < -0.4 is 0 Å². The second kappa shape index (κ2) is 3.17. The Morgan fingerprint density at radius 3 is 3.00 bits per heavy atom. The Hall–Kier alpha value is -1.15.